The van der Waals surface area contributed by atoms with Crippen LogP contribution in [0.5, 0.6) is 0 Å². The highest BCUT2D eigenvalue weighted by Crippen LogP contribution is 2.40. The molecule has 1 amide bonds. The number of aliphatic hydroxyl groups is 1. The summed E-state index contributed by atoms with van der Waals surface area (Å²) < 4.78 is 0. The normalized spacial score (nSPS) is 17.5. The molecular weight excluding hydrogens is 346 g/mol. The second-order valence-electron chi connectivity index (χ2n) is 7.84. The fourth-order valence-electron chi connectivity index (χ4n) is 3.23. The van der Waals surface area contributed by atoms with Crippen LogP contribution in [0.3, 0.4) is 0 Å². The molecule has 2 rings (SSSR count). The zero-order chi connectivity index (χ0) is 20.2. The van der Waals surface area contributed by atoms with E-state index in [1.165, 1.54) is 4.90 Å². The maximum Gasteiger partial charge on any atom is 0.290 e. The maximum atomic E-state index is 12.9. The average Bonchev–Trinajstić information content (AvgIpc) is 2.85. The fraction of sp³-hybridized carbons (Fsp3) is 0.476. The van der Waals surface area contributed by atoms with Crippen LogP contribution >= 0.6 is 0 Å². The van der Waals surface area contributed by atoms with Gasteiger partial charge in [0.05, 0.1) is 11.6 Å². The number of Topliss-reactive ketones (excluding diaryl/α,β-unsaturated/α-hetero) is 1. The molecule has 1 aliphatic heterocycles. The van der Waals surface area contributed by atoms with Gasteiger partial charge in [0.1, 0.15) is 0 Å². The molecule has 0 aromatic heterocycles. The van der Waals surface area contributed by atoms with Gasteiger partial charge in [-0.1, -0.05) is 57.5 Å². The third-order valence-electron chi connectivity index (χ3n) is 4.62. The van der Waals surface area contributed by atoms with Gasteiger partial charge < -0.3 is 19.9 Å². The highest BCUT2D eigenvalue weighted by molar-refractivity contribution is 6.10. The maximum absolute atomic E-state index is 12.9. The molecule has 0 unspecified atom stereocenters. The van der Waals surface area contributed by atoms with E-state index in [0.717, 1.165) is 5.56 Å². The number of carbonyl (C=O) groups excluding carboxylic acids is 3. The first-order valence-electron chi connectivity index (χ1n) is 9.18. The molecule has 6 nitrogen and oxygen atoms in total. The van der Waals surface area contributed by atoms with Crippen molar-refractivity contribution in [3.05, 3.63) is 47.2 Å². The molecule has 1 N–H and O–H groups in total. The summed E-state index contributed by atoms with van der Waals surface area (Å²) >= 11 is 0. The monoisotopic (exact) mass is 372 g/mol. The molecule has 1 aliphatic rings. The van der Waals surface area contributed by atoms with Crippen molar-refractivity contribution in [1.82, 2.24) is 4.90 Å². The number of carboxylic acid groups (broad SMARTS) is 1. The summed E-state index contributed by atoms with van der Waals surface area (Å²) in [5.74, 6) is -2.40. The van der Waals surface area contributed by atoms with Gasteiger partial charge in [-0.2, -0.15) is 0 Å². The van der Waals surface area contributed by atoms with Crippen LogP contribution in [-0.2, 0) is 14.4 Å². The summed E-state index contributed by atoms with van der Waals surface area (Å²) in [6, 6.07) is 8.52. The number of ketones is 1. The first-order chi connectivity index (χ1) is 12.6. The zero-order valence-electron chi connectivity index (χ0n) is 16.0. The highest BCUT2D eigenvalue weighted by Gasteiger charge is 2.45. The summed E-state index contributed by atoms with van der Waals surface area (Å²) in [4.78, 5) is 37.6. The summed E-state index contributed by atoms with van der Waals surface area (Å²) in [6.07, 6.45) is 1.64. The van der Waals surface area contributed by atoms with Crippen LogP contribution in [0, 0.1) is 5.41 Å². The topological polar surface area (TPSA) is 97.7 Å². The summed E-state index contributed by atoms with van der Waals surface area (Å²) in [7, 11) is 0. The Balaban J connectivity index is 2.27. The number of hydrogen-bond donors (Lipinski definition) is 1. The van der Waals surface area contributed by atoms with Crippen LogP contribution < -0.4 is 5.11 Å². The number of benzene rings is 1. The fourth-order valence-corrected chi connectivity index (χ4v) is 3.23. The molecule has 1 heterocycles. The van der Waals surface area contributed by atoms with Crippen molar-refractivity contribution in [2.45, 2.75) is 52.5 Å². The Morgan fingerprint density at radius 2 is 1.74 bits per heavy atom. The number of rotatable bonds is 8. The van der Waals surface area contributed by atoms with Crippen molar-refractivity contribution < 1.29 is 24.6 Å². The highest BCUT2D eigenvalue weighted by atomic mass is 16.4. The Kier molecular flexibility index (Phi) is 6.41. The minimum absolute atomic E-state index is 0.0205. The lowest BCUT2D eigenvalue weighted by molar-refractivity contribution is -0.305. The summed E-state index contributed by atoms with van der Waals surface area (Å²) in [5, 5.41) is 21.0. The minimum atomic E-state index is -1.09. The minimum Gasteiger partial charge on any atom is -0.550 e. The number of carbonyl (C=O) groups is 3. The van der Waals surface area contributed by atoms with Gasteiger partial charge in [-0.3, -0.25) is 9.59 Å². The van der Waals surface area contributed by atoms with Crippen molar-refractivity contribution in [2.75, 3.05) is 6.54 Å². The molecular formula is C21H26NO5-. The van der Waals surface area contributed by atoms with Crippen LogP contribution in [0.1, 0.15) is 58.1 Å². The number of aliphatic carboxylic acids is 1. The molecule has 1 aromatic rings. The van der Waals surface area contributed by atoms with Gasteiger partial charge in [-0.25, -0.2) is 0 Å². The second-order valence-corrected chi connectivity index (χ2v) is 7.84. The van der Waals surface area contributed by atoms with E-state index in [2.05, 4.69) is 0 Å². The Hall–Kier alpha value is -2.63. The molecule has 0 bridgehead atoms. The average molecular weight is 372 g/mol. The summed E-state index contributed by atoms with van der Waals surface area (Å²) in [5.41, 5.74) is 0.159. The Bertz CT molecular complexity index is 746. The third-order valence-corrected chi connectivity index (χ3v) is 4.62. The third kappa shape index (κ3) is 4.76. The Morgan fingerprint density at radius 3 is 2.30 bits per heavy atom. The van der Waals surface area contributed by atoms with Crippen molar-refractivity contribution in [1.29, 1.82) is 0 Å². The molecule has 1 aromatic carbocycles. The SMILES string of the molecule is CC(C)(C)C(=O)C1=C(O)C(=O)N(CCCCCC(=O)[O-])[C@@H]1c1ccccc1. The quantitative estimate of drug-likeness (QED) is 0.706. The van der Waals surface area contributed by atoms with Crippen LogP contribution in [0.2, 0.25) is 0 Å². The van der Waals surface area contributed by atoms with Gasteiger partial charge in [-0.15, -0.1) is 0 Å². The van der Waals surface area contributed by atoms with E-state index in [0.29, 0.717) is 25.8 Å². The van der Waals surface area contributed by atoms with Crippen molar-refractivity contribution in [3.63, 3.8) is 0 Å². The number of hydrogen-bond acceptors (Lipinski definition) is 5. The van der Waals surface area contributed by atoms with Crippen molar-refractivity contribution >= 4 is 17.7 Å². The second kappa shape index (κ2) is 8.37. The van der Waals surface area contributed by atoms with Gasteiger partial charge in [0.15, 0.2) is 11.5 Å². The lowest BCUT2D eigenvalue weighted by Crippen LogP contribution is -2.33. The number of amides is 1. The smallest absolute Gasteiger partial charge is 0.290 e. The summed E-state index contributed by atoms with van der Waals surface area (Å²) in [6.45, 7) is 5.59. The van der Waals surface area contributed by atoms with Gasteiger partial charge in [0.25, 0.3) is 5.91 Å². The van der Waals surface area contributed by atoms with Crippen LogP contribution in [-0.4, -0.2) is 34.2 Å². The molecule has 146 valence electrons. The first-order valence-corrected chi connectivity index (χ1v) is 9.18. The van der Waals surface area contributed by atoms with Gasteiger partial charge in [0.2, 0.25) is 0 Å². The van der Waals surface area contributed by atoms with E-state index in [1.54, 1.807) is 20.8 Å². The lowest BCUT2D eigenvalue weighted by Gasteiger charge is -2.29. The Morgan fingerprint density at radius 1 is 1.11 bits per heavy atom. The van der Waals surface area contributed by atoms with Crippen LogP contribution in [0.4, 0.5) is 0 Å². The molecule has 1 atom stereocenters. The molecule has 0 radical (unpaired) electrons. The molecule has 0 saturated heterocycles. The number of unbranched alkanes of at least 4 members (excludes halogenated alkanes) is 2. The van der Waals surface area contributed by atoms with Crippen LogP contribution in [0.15, 0.2) is 41.7 Å². The first kappa shape index (κ1) is 20.7. The standard InChI is InChI=1S/C21H27NO5/c1-21(2,3)19(26)16-17(14-10-6-4-7-11-14)22(20(27)18(16)25)13-9-5-8-12-15(23)24/h4,6-7,10-11,17,25H,5,8-9,12-13H2,1-3H3,(H,23,24)/p-1/t17-/m1/s1. The largest absolute Gasteiger partial charge is 0.550 e. The van der Waals surface area contributed by atoms with E-state index in [9.17, 15) is 24.6 Å². The predicted molar refractivity (Wildman–Crippen MR) is 98.5 cm³/mol. The molecule has 0 saturated carbocycles. The number of carboxylic acids is 1. The molecule has 0 aliphatic carbocycles. The van der Waals surface area contributed by atoms with Crippen molar-refractivity contribution in [3.8, 4) is 0 Å². The van der Waals surface area contributed by atoms with E-state index in [1.807, 2.05) is 30.3 Å². The van der Waals surface area contributed by atoms with Gasteiger partial charge in [-0.05, 0) is 24.8 Å². The lowest BCUT2D eigenvalue weighted by atomic mass is 9.82. The molecule has 6 heteroatoms. The molecule has 0 spiro atoms. The van der Waals surface area contributed by atoms with Crippen molar-refractivity contribution in [2.24, 2.45) is 5.41 Å². The number of nitrogens with zero attached hydrogens (tertiary/aromatic N) is 1. The number of aliphatic hydroxyl groups excluding tert-OH is 1. The van der Waals surface area contributed by atoms with Crippen LogP contribution in [0.25, 0.3) is 0 Å². The van der Waals surface area contributed by atoms with Gasteiger partial charge in [0, 0.05) is 17.9 Å². The Labute approximate surface area is 159 Å². The van der Waals surface area contributed by atoms with Gasteiger partial charge >= 0.3 is 0 Å². The van der Waals surface area contributed by atoms with E-state index in [-0.39, 0.29) is 17.8 Å². The van der Waals surface area contributed by atoms with E-state index < -0.39 is 29.1 Å². The molecule has 27 heavy (non-hydrogen) atoms. The predicted octanol–water partition coefficient (Wildman–Crippen LogP) is 2.31. The van der Waals surface area contributed by atoms with E-state index >= 15 is 0 Å². The zero-order valence-corrected chi connectivity index (χ0v) is 16.0. The van der Waals surface area contributed by atoms with E-state index in [4.69, 9.17) is 0 Å². The molecule has 0 fully saturated rings.